The van der Waals surface area contributed by atoms with Crippen molar-refractivity contribution in [1.82, 2.24) is 0 Å². The van der Waals surface area contributed by atoms with Crippen molar-refractivity contribution in [3.8, 4) is 11.5 Å². The minimum Gasteiger partial charge on any atom is -0.493 e. The van der Waals surface area contributed by atoms with Crippen LogP contribution in [0.15, 0.2) is 42.5 Å². The number of anilines is 1. The Balaban J connectivity index is 2.47. The molecular formula is C28H39NO3. The van der Waals surface area contributed by atoms with Crippen LogP contribution in [0.2, 0.25) is 0 Å². The van der Waals surface area contributed by atoms with E-state index in [-0.39, 0.29) is 11.2 Å². The van der Waals surface area contributed by atoms with Crippen LogP contribution >= 0.6 is 0 Å². The standard InChI is InChI=1S/C28H39NO3/c1-7-9-19-31-26-18-16-24(28(3,4)5)27(32-20-10-8-2)23(26)15-17-25(30)21-11-13-22(29-6)14-12-21/h11-18,29H,7-10,19-20H2,1-6H3/b17-15+. The summed E-state index contributed by atoms with van der Waals surface area (Å²) in [4.78, 5) is 12.9. The molecule has 0 radical (unpaired) electrons. The molecule has 0 aliphatic carbocycles. The smallest absolute Gasteiger partial charge is 0.185 e. The normalized spacial score (nSPS) is 11.6. The van der Waals surface area contributed by atoms with Gasteiger partial charge >= 0.3 is 0 Å². The number of hydrogen-bond donors (Lipinski definition) is 1. The average molecular weight is 438 g/mol. The fourth-order valence-electron chi connectivity index (χ4n) is 3.31. The summed E-state index contributed by atoms with van der Waals surface area (Å²) in [7, 11) is 1.86. The van der Waals surface area contributed by atoms with Crippen molar-refractivity contribution in [2.75, 3.05) is 25.6 Å². The molecule has 2 aromatic rings. The van der Waals surface area contributed by atoms with Crippen LogP contribution in [0, 0.1) is 0 Å². The Morgan fingerprint density at radius 2 is 1.56 bits per heavy atom. The number of allylic oxidation sites excluding steroid dienone is 1. The number of ether oxygens (including phenoxy) is 2. The fourth-order valence-corrected chi connectivity index (χ4v) is 3.31. The number of carbonyl (C=O) groups is 1. The summed E-state index contributed by atoms with van der Waals surface area (Å²) in [5, 5.41) is 3.07. The highest BCUT2D eigenvalue weighted by atomic mass is 16.5. The van der Waals surface area contributed by atoms with Gasteiger partial charge in [0.25, 0.3) is 0 Å². The quantitative estimate of drug-likeness (QED) is 0.215. The first-order chi connectivity index (χ1) is 15.3. The lowest BCUT2D eigenvalue weighted by molar-refractivity contribution is 0.104. The van der Waals surface area contributed by atoms with E-state index in [9.17, 15) is 4.79 Å². The van der Waals surface area contributed by atoms with Crippen LogP contribution in [-0.2, 0) is 5.41 Å². The summed E-state index contributed by atoms with van der Waals surface area (Å²) < 4.78 is 12.4. The molecule has 0 amide bonds. The zero-order chi connectivity index (χ0) is 23.6. The van der Waals surface area contributed by atoms with Gasteiger partial charge in [-0.05, 0) is 60.7 Å². The Kier molecular flexibility index (Phi) is 9.83. The van der Waals surface area contributed by atoms with Crippen LogP contribution in [0.1, 0.15) is 81.8 Å². The van der Waals surface area contributed by atoms with Gasteiger partial charge in [-0.15, -0.1) is 0 Å². The van der Waals surface area contributed by atoms with Crippen molar-refractivity contribution in [1.29, 1.82) is 0 Å². The van der Waals surface area contributed by atoms with Gasteiger partial charge in [-0.3, -0.25) is 4.79 Å². The molecule has 0 aliphatic heterocycles. The Labute approximate surface area is 194 Å². The van der Waals surface area contributed by atoms with Crippen molar-refractivity contribution >= 4 is 17.5 Å². The Morgan fingerprint density at radius 3 is 2.12 bits per heavy atom. The van der Waals surface area contributed by atoms with Gasteiger partial charge in [-0.1, -0.05) is 53.5 Å². The molecule has 2 aromatic carbocycles. The minimum atomic E-state index is -0.0981. The van der Waals surface area contributed by atoms with E-state index in [1.165, 1.54) is 0 Å². The molecule has 0 aromatic heterocycles. The number of carbonyl (C=O) groups excluding carboxylic acids is 1. The van der Waals surface area contributed by atoms with Crippen LogP contribution in [-0.4, -0.2) is 26.0 Å². The predicted molar refractivity (Wildman–Crippen MR) is 135 cm³/mol. The van der Waals surface area contributed by atoms with Gasteiger partial charge in [0.15, 0.2) is 5.78 Å². The second-order valence-corrected chi connectivity index (χ2v) is 9.03. The van der Waals surface area contributed by atoms with Gasteiger partial charge in [-0.2, -0.15) is 0 Å². The highest BCUT2D eigenvalue weighted by Crippen LogP contribution is 2.40. The molecule has 174 valence electrons. The van der Waals surface area contributed by atoms with Gasteiger partial charge in [0, 0.05) is 23.9 Å². The van der Waals surface area contributed by atoms with E-state index in [0.29, 0.717) is 18.8 Å². The molecule has 2 rings (SSSR count). The number of benzene rings is 2. The fraction of sp³-hybridized carbons (Fsp3) is 0.464. The molecule has 0 saturated heterocycles. The first-order valence-electron chi connectivity index (χ1n) is 11.7. The van der Waals surface area contributed by atoms with E-state index in [0.717, 1.165) is 54.0 Å². The van der Waals surface area contributed by atoms with E-state index in [1.807, 2.05) is 43.5 Å². The van der Waals surface area contributed by atoms with Crippen molar-refractivity contribution in [3.05, 3.63) is 59.2 Å². The highest BCUT2D eigenvalue weighted by Gasteiger charge is 2.23. The maximum absolute atomic E-state index is 12.9. The van der Waals surface area contributed by atoms with E-state index in [1.54, 1.807) is 6.08 Å². The van der Waals surface area contributed by atoms with Gasteiger partial charge < -0.3 is 14.8 Å². The third-order valence-corrected chi connectivity index (χ3v) is 5.32. The topological polar surface area (TPSA) is 47.6 Å². The average Bonchev–Trinajstić information content (AvgIpc) is 2.77. The van der Waals surface area contributed by atoms with Crippen LogP contribution in [0.3, 0.4) is 0 Å². The summed E-state index contributed by atoms with van der Waals surface area (Å²) in [6.07, 6.45) is 7.55. The van der Waals surface area contributed by atoms with Crippen molar-refractivity contribution < 1.29 is 14.3 Å². The molecule has 4 heteroatoms. The van der Waals surface area contributed by atoms with Crippen molar-refractivity contribution in [3.63, 3.8) is 0 Å². The number of hydrogen-bond acceptors (Lipinski definition) is 4. The first-order valence-corrected chi connectivity index (χ1v) is 11.7. The lowest BCUT2D eigenvalue weighted by Crippen LogP contribution is -2.15. The van der Waals surface area contributed by atoms with E-state index >= 15 is 0 Å². The number of nitrogens with one attached hydrogen (secondary N) is 1. The molecule has 0 unspecified atom stereocenters. The van der Waals surface area contributed by atoms with Crippen molar-refractivity contribution in [2.45, 2.75) is 65.7 Å². The highest BCUT2D eigenvalue weighted by molar-refractivity contribution is 6.07. The van der Waals surface area contributed by atoms with E-state index < -0.39 is 0 Å². The maximum Gasteiger partial charge on any atom is 0.185 e. The van der Waals surface area contributed by atoms with Gasteiger partial charge in [0.2, 0.25) is 0 Å². The molecule has 0 bridgehead atoms. The van der Waals surface area contributed by atoms with Crippen LogP contribution in [0.4, 0.5) is 5.69 Å². The molecule has 0 saturated carbocycles. The lowest BCUT2D eigenvalue weighted by Gasteiger charge is -2.25. The molecule has 0 aliphatic rings. The van der Waals surface area contributed by atoms with Gasteiger partial charge in [0.1, 0.15) is 11.5 Å². The predicted octanol–water partition coefficient (Wildman–Crippen LogP) is 7.28. The van der Waals surface area contributed by atoms with Crippen molar-refractivity contribution in [2.24, 2.45) is 0 Å². The lowest BCUT2D eigenvalue weighted by atomic mass is 9.84. The Hall–Kier alpha value is -2.75. The zero-order valence-electron chi connectivity index (χ0n) is 20.6. The second-order valence-electron chi connectivity index (χ2n) is 9.03. The zero-order valence-corrected chi connectivity index (χ0v) is 20.6. The van der Waals surface area contributed by atoms with Crippen LogP contribution in [0.25, 0.3) is 6.08 Å². The summed E-state index contributed by atoms with van der Waals surface area (Å²) in [6, 6.07) is 11.6. The van der Waals surface area contributed by atoms with E-state index in [2.05, 4.69) is 46.0 Å². The number of unbranched alkanes of at least 4 members (excludes halogenated alkanes) is 2. The monoisotopic (exact) mass is 437 g/mol. The Morgan fingerprint density at radius 1 is 0.938 bits per heavy atom. The summed E-state index contributed by atoms with van der Waals surface area (Å²) >= 11 is 0. The summed E-state index contributed by atoms with van der Waals surface area (Å²) in [5.74, 6) is 1.52. The summed E-state index contributed by atoms with van der Waals surface area (Å²) in [6.45, 7) is 12.1. The molecule has 0 atom stereocenters. The second kappa shape index (κ2) is 12.3. The van der Waals surface area contributed by atoms with Gasteiger partial charge in [0.05, 0.1) is 18.8 Å². The largest absolute Gasteiger partial charge is 0.493 e. The van der Waals surface area contributed by atoms with Gasteiger partial charge in [-0.25, -0.2) is 0 Å². The third kappa shape index (κ3) is 7.15. The number of ketones is 1. The SMILES string of the molecule is CCCCOc1ccc(C(C)(C)C)c(OCCCC)c1/C=C/C(=O)c1ccc(NC)cc1. The van der Waals surface area contributed by atoms with E-state index in [4.69, 9.17) is 9.47 Å². The third-order valence-electron chi connectivity index (χ3n) is 5.32. The molecule has 1 N–H and O–H groups in total. The van der Waals surface area contributed by atoms with Crippen LogP contribution < -0.4 is 14.8 Å². The maximum atomic E-state index is 12.9. The van der Waals surface area contributed by atoms with Crippen LogP contribution in [0.5, 0.6) is 11.5 Å². The molecular weight excluding hydrogens is 398 g/mol. The molecule has 0 fully saturated rings. The summed E-state index contributed by atoms with van der Waals surface area (Å²) in [5.41, 5.74) is 3.47. The molecule has 0 spiro atoms. The molecule has 4 nitrogen and oxygen atoms in total. The minimum absolute atomic E-state index is 0.0483. The first kappa shape index (κ1) is 25.5. The molecule has 0 heterocycles. The Bertz CT molecular complexity index is 892. The molecule has 32 heavy (non-hydrogen) atoms. The number of rotatable bonds is 12.